The molecule has 2 heterocycles. The molecule has 202 valence electrons. The van der Waals surface area contributed by atoms with Gasteiger partial charge in [0.25, 0.3) is 5.91 Å². The van der Waals surface area contributed by atoms with E-state index in [1.807, 2.05) is 111 Å². The van der Waals surface area contributed by atoms with Crippen LogP contribution in [0.2, 0.25) is 0 Å². The number of hydrogen-bond acceptors (Lipinski definition) is 6. The third-order valence-electron chi connectivity index (χ3n) is 7.23. The Balaban J connectivity index is 1.38. The third kappa shape index (κ3) is 4.69. The molecule has 2 aliphatic heterocycles. The number of fused-ring (bicyclic) bond motifs is 1. The van der Waals surface area contributed by atoms with Crippen LogP contribution in [0.1, 0.15) is 29.7 Å². The molecule has 7 heteroatoms. The van der Waals surface area contributed by atoms with Gasteiger partial charge in [-0.3, -0.25) is 14.4 Å². The summed E-state index contributed by atoms with van der Waals surface area (Å²) in [5, 5.41) is 1.69. The molecule has 7 nitrogen and oxygen atoms in total. The SMILES string of the molecule is CCOc1cc(C2C3C(=O)N(c4cccc(C)c4)C(=O)C3ON2c2ccccc2)ccc1OCc1ccccc1. The molecule has 0 saturated carbocycles. The van der Waals surface area contributed by atoms with E-state index in [1.54, 1.807) is 11.1 Å². The lowest BCUT2D eigenvalue weighted by atomic mass is 9.90. The molecule has 0 radical (unpaired) electrons. The summed E-state index contributed by atoms with van der Waals surface area (Å²) in [5.74, 6) is -0.215. The Kier molecular flexibility index (Phi) is 6.97. The van der Waals surface area contributed by atoms with Crippen LogP contribution in [0.25, 0.3) is 0 Å². The molecule has 0 bridgehead atoms. The normalized spacial score (nSPS) is 20.1. The van der Waals surface area contributed by atoms with Crippen LogP contribution in [0.3, 0.4) is 0 Å². The van der Waals surface area contributed by atoms with Crippen molar-refractivity contribution in [1.82, 2.24) is 0 Å². The fourth-order valence-corrected chi connectivity index (χ4v) is 5.41. The number of imide groups is 1. The van der Waals surface area contributed by atoms with Crippen LogP contribution < -0.4 is 19.4 Å². The molecule has 6 rings (SSSR count). The van der Waals surface area contributed by atoms with Crippen LogP contribution >= 0.6 is 0 Å². The first-order valence-corrected chi connectivity index (χ1v) is 13.4. The number of anilines is 2. The maximum Gasteiger partial charge on any atom is 0.266 e. The number of hydroxylamine groups is 1. The lowest BCUT2D eigenvalue weighted by molar-refractivity contribution is -0.126. The molecule has 0 N–H and O–H groups in total. The van der Waals surface area contributed by atoms with Gasteiger partial charge in [0.1, 0.15) is 12.5 Å². The average molecular weight is 535 g/mol. The molecule has 2 saturated heterocycles. The van der Waals surface area contributed by atoms with E-state index in [0.717, 1.165) is 22.4 Å². The summed E-state index contributed by atoms with van der Waals surface area (Å²) >= 11 is 0. The van der Waals surface area contributed by atoms with Gasteiger partial charge in [-0.05, 0) is 66.9 Å². The maximum atomic E-state index is 13.9. The molecule has 0 spiro atoms. The number of amides is 2. The molecule has 4 aromatic rings. The zero-order chi connectivity index (χ0) is 27.6. The minimum absolute atomic E-state index is 0.286. The zero-order valence-electron chi connectivity index (χ0n) is 22.4. The fourth-order valence-electron chi connectivity index (χ4n) is 5.41. The number of carbonyl (C=O) groups excluding carboxylic acids is 2. The van der Waals surface area contributed by atoms with Gasteiger partial charge in [0.2, 0.25) is 5.91 Å². The van der Waals surface area contributed by atoms with Crippen LogP contribution in [-0.4, -0.2) is 24.5 Å². The lowest BCUT2D eigenvalue weighted by Gasteiger charge is -2.29. The molecular formula is C33H30N2O5. The first-order valence-electron chi connectivity index (χ1n) is 13.4. The molecule has 2 amide bonds. The van der Waals surface area contributed by atoms with Gasteiger partial charge < -0.3 is 9.47 Å². The smallest absolute Gasteiger partial charge is 0.266 e. The summed E-state index contributed by atoms with van der Waals surface area (Å²) in [4.78, 5) is 35.1. The summed E-state index contributed by atoms with van der Waals surface area (Å²) in [6.07, 6.45) is -0.942. The Morgan fingerprint density at radius 3 is 2.20 bits per heavy atom. The van der Waals surface area contributed by atoms with Gasteiger partial charge in [0.05, 0.1) is 24.0 Å². The number of nitrogens with zero attached hydrogens (tertiary/aromatic N) is 2. The molecule has 40 heavy (non-hydrogen) atoms. The summed E-state index contributed by atoms with van der Waals surface area (Å²) < 4.78 is 12.1. The van der Waals surface area contributed by atoms with E-state index in [-0.39, 0.29) is 11.8 Å². The number of para-hydroxylation sites is 1. The van der Waals surface area contributed by atoms with Crippen molar-refractivity contribution in [1.29, 1.82) is 0 Å². The van der Waals surface area contributed by atoms with Crippen LogP contribution in [0.4, 0.5) is 11.4 Å². The van der Waals surface area contributed by atoms with Gasteiger partial charge >= 0.3 is 0 Å². The Labute approximate surface area is 233 Å². The van der Waals surface area contributed by atoms with Crippen molar-refractivity contribution < 1.29 is 23.9 Å². The van der Waals surface area contributed by atoms with E-state index >= 15 is 0 Å². The maximum absolute atomic E-state index is 13.9. The standard InChI is InChI=1S/C33H30N2O5/c1-3-38-28-20-24(17-18-27(28)39-21-23-12-6-4-7-13-23)30-29-31(40-35(30)25-14-8-5-9-15-25)33(37)34(32(29)36)26-16-10-11-22(2)19-26/h4-20,29-31H,3,21H2,1-2H3. The van der Waals surface area contributed by atoms with Gasteiger partial charge in [-0.25, -0.2) is 9.96 Å². The number of ether oxygens (including phenoxy) is 2. The highest BCUT2D eigenvalue weighted by atomic mass is 16.7. The highest BCUT2D eigenvalue weighted by Crippen LogP contribution is 2.48. The van der Waals surface area contributed by atoms with Crippen molar-refractivity contribution in [3.05, 3.63) is 120 Å². The second-order valence-electron chi connectivity index (χ2n) is 9.92. The molecule has 0 aliphatic carbocycles. The third-order valence-corrected chi connectivity index (χ3v) is 7.23. The lowest BCUT2D eigenvalue weighted by Crippen LogP contribution is -2.37. The van der Waals surface area contributed by atoms with Crippen molar-refractivity contribution in [2.24, 2.45) is 5.92 Å². The molecule has 0 aromatic heterocycles. The minimum atomic E-state index is -0.942. The molecule has 4 aromatic carbocycles. The summed E-state index contributed by atoms with van der Waals surface area (Å²) in [7, 11) is 0. The molecule has 2 fully saturated rings. The monoisotopic (exact) mass is 534 g/mol. The average Bonchev–Trinajstić information content (AvgIpc) is 3.49. The van der Waals surface area contributed by atoms with Gasteiger partial charge in [0.15, 0.2) is 17.6 Å². The van der Waals surface area contributed by atoms with E-state index in [9.17, 15) is 9.59 Å². The Morgan fingerprint density at radius 2 is 1.48 bits per heavy atom. The largest absolute Gasteiger partial charge is 0.490 e. The van der Waals surface area contributed by atoms with Crippen molar-refractivity contribution in [2.75, 3.05) is 16.6 Å². The Morgan fingerprint density at radius 1 is 0.750 bits per heavy atom. The van der Waals surface area contributed by atoms with Gasteiger partial charge in [-0.1, -0.05) is 66.7 Å². The highest BCUT2D eigenvalue weighted by Gasteiger charge is 2.60. The Bertz CT molecular complexity index is 1520. The van der Waals surface area contributed by atoms with Gasteiger partial charge in [-0.15, -0.1) is 0 Å². The summed E-state index contributed by atoms with van der Waals surface area (Å²) in [6.45, 7) is 4.69. The van der Waals surface area contributed by atoms with E-state index in [0.29, 0.717) is 30.4 Å². The quantitative estimate of drug-likeness (QED) is 0.258. The Hall–Kier alpha value is -4.62. The zero-order valence-corrected chi connectivity index (χ0v) is 22.4. The van der Waals surface area contributed by atoms with Gasteiger partial charge in [-0.2, -0.15) is 0 Å². The topological polar surface area (TPSA) is 68.3 Å². The van der Waals surface area contributed by atoms with Crippen molar-refractivity contribution in [3.8, 4) is 11.5 Å². The minimum Gasteiger partial charge on any atom is -0.490 e. The van der Waals surface area contributed by atoms with Crippen molar-refractivity contribution in [2.45, 2.75) is 32.6 Å². The second kappa shape index (κ2) is 10.9. The predicted octanol–water partition coefficient (Wildman–Crippen LogP) is 6.02. The highest BCUT2D eigenvalue weighted by molar-refractivity contribution is 6.24. The number of hydrogen-bond donors (Lipinski definition) is 0. The van der Waals surface area contributed by atoms with Crippen molar-refractivity contribution >= 4 is 23.2 Å². The van der Waals surface area contributed by atoms with Crippen LogP contribution in [0, 0.1) is 12.8 Å². The van der Waals surface area contributed by atoms with Crippen LogP contribution in [-0.2, 0) is 21.0 Å². The van der Waals surface area contributed by atoms with E-state index in [2.05, 4.69) is 0 Å². The van der Waals surface area contributed by atoms with E-state index < -0.39 is 18.1 Å². The number of benzene rings is 4. The molecule has 2 aliphatic rings. The number of aryl methyl sites for hydroxylation is 1. The van der Waals surface area contributed by atoms with Crippen LogP contribution in [0.5, 0.6) is 11.5 Å². The van der Waals surface area contributed by atoms with E-state index in [1.165, 1.54) is 4.90 Å². The van der Waals surface area contributed by atoms with Crippen LogP contribution in [0.15, 0.2) is 103 Å². The summed E-state index contributed by atoms with van der Waals surface area (Å²) in [6, 6.07) is 32.0. The molecular weight excluding hydrogens is 504 g/mol. The van der Waals surface area contributed by atoms with Crippen molar-refractivity contribution in [3.63, 3.8) is 0 Å². The van der Waals surface area contributed by atoms with Gasteiger partial charge in [0, 0.05) is 0 Å². The number of carbonyl (C=O) groups is 2. The molecule has 3 atom stereocenters. The first kappa shape index (κ1) is 25.6. The molecule has 3 unspecified atom stereocenters. The summed E-state index contributed by atoms with van der Waals surface area (Å²) in [5.41, 5.74) is 4.11. The first-order chi connectivity index (χ1) is 19.5. The fraction of sp³-hybridized carbons (Fsp3) is 0.212. The second-order valence-corrected chi connectivity index (χ2v) is 9.92. The van der Waals surface area contributed by atoms with E-state index in [4.69, 9.17) is 14.3 Å². The number of rotatable bonds is 8. The predicted molar refractivity (Wildman–Crippen MR) is 152 cm³/mol.